The summed E-state index contributed by atoms with van der Waals surface area (Å²) < 4.78 is 17.1. The van der Waals surface area contributed by atoms with Crippen molar-refractivity contribution < 1.29 is 38.2 Å². The van der Waals surface area contributed by atoms with E-state index >= 15 is 0 Å². The third-order valence-corrected chi connectivity index (χ3v) is 8.35. The second-order valence-electron chi connectivity index (χ2n) is 14.3. The van der Waals surface area contributed by atoms with E-state index < -0.39 is 18.1 Å². The lowest BCUT2D eigenvalue weighted by molar-refractivity contribution is -0.887. The van der Waals surface area contributed by atoms with E-state index in [0.29, 0.717) is 19.3 Å². The smallest absolute Gasteiger partial charge is 0.362 e. The quantitative estimate of drug-likeness (QED) is 0.0230. The van der Waals surface area contributed by atoms with Crippen molar-refractivity contribution in [2.45, 2.75) is 135 Å². The van der Waals surface area contributed by atoms with E-state index in [4.69, 9.17) is 14.2 Å². The molecule has 0 radical (unpaired) electrons. The van der Waals surface area contributed by atoms with E-state index in [1.54, 1.807) is 0 Å². The summed E-state index contributed by atoms with van der Waals surface area (Å²) in [6, 6.07) is -0.639. The molecule has 1 N–H and O–H groups in total. The zero-order chi connectivity index (χ0) is 40.0. The number of quaternary nitrogens is 1. The molecule has 0 aromatic rings. The molecule has 2 atom stereocenters. The lowest BCUT2D eigenvalue weighted by Gasteiger charge is -2.31. The van der Waals surface area contributed by atoms with Gasteiger partial charge in [0.15, 0.2) is 12.1 Å². The fourth-order valence-electron chi connectivity index (χ4n) is 5.19. The average molecular weight is 753 g/mol. The van der Waals surface area contributed by atoms with Crippen LogP contribution in [0.3, 0.4) is 0 Å². The Labute approximate surface area is 328 Å². The Morgan fingerprint density at radius 2 is 1.11 bits per heavy atom. The number of unbranched alkanes of at least 4 members (excludes halogenated alkanes) is 8. The van der Waals surface area contributed by atoms with Gasteiger partial charge < -0.3 is 23.8 Å². The van der Waals surface area contributed by atoms with Gasteiger partial charge in [-0.25, -0.2) is 4.79 Å². The number of hydrogen-bond donors (Lipinski definition) is 1. The summed E-state index contributed by atoms with van der Waals surface area (Å²) in [6.45, 7) is 4.42. The largest absolute Gasteiger partial charge is 0.477 e. The molecular weight excluding hydrogens is 679 g/mol. The molecule has 0 amide bonds. The van der Waals surface area contributed by atoms with Crippen LogP contribution in [-0.4, -0.2) is 80.6 Å². The number of ether oxygens (including phenoxy) is 3. The summed E-state index contributed by atoms with van der Waals surface area (Å²) in [6.07, 6.45) is 47.6. The van der Waals surface area contributed by atoms with E-state index in [1.807, 2.05) is 75.8 Å². The van der Waals surface area contributed by atoms with Crippen LogP contribution in [0, 0.1) is 0 Å². The minimum atomic E-state index is -0.898. The molecule has 8 heteroatoms. The highest BCUT2D eigenvalue weighted by Gasteiger charge is 2.31. The molecule has 0 heterocycles. The number of carbonyl (C=O) groups excluding carboxylic acids is 2. The molecule has 0 aromatic carbocycles. The van der Waals surface area contributed by atoms with Gasteiger partial charge in [-0.3, -0.25) is 9.59 Å². The van der Waals surface area contributed by atoms with E-state index in [-0.39, 0.29) is 49.1 Å². The number of carbonyl (C=O) groups is 3. The number of carboxylic acids is 1. The van der Waals surface area contributed by atoms with Crippen molar-refractivity contribution >= 4 is 17.9 Å². The zero-order valence-electron chi connectivity index (χ0n) is 34.4. The molecule has 0 saturated heterocycles. The molecule has 0 saturated carbocycles. The van der Waals surface area contributed by atoms with Crippen molar-refractivity contribution in [1.29, 1.82) is 0 Å². The Balaban J connectivity index is 4.61. The molecular formula is C46H74NO7+. The normalized spacial score (nSPS) is 14.0. The molecule has 54 heavy (non-hydrogen) atoms. The number of nitrogens with zero attached hydrogens (tertiary/aromatic N) is 1. The first-order valence-electron chi connectivity index (χ1n) is 20.3. The van der Waals surface area contributed by atoms with Crippen molar-refractivity contribution in [2.24, 2.45) is 0 Å². The summed E-state index contributed by atoms with van der Waals surface area (Å²) in [5.74, 6) is -1.65. The monoisotopic (exact) mass is 753 g/mol. The van der Waals surface area contributed by atoms with Crippen LogP contribution in [0.15, 0.2) is 97.2 Å². The Bertz CT molecular complexity index is 1200. The number of esters is 2. The summed E-state index contributed by atoms with van der Waals surface area (Å²) in [7, 11) is 5.47. The van der Waals surface area contributed by atoms with Crippen LogP contribution in [0.5, 0.6) is 0 Å². The van der Waals surface area contributed by atoms with E-state index in [2.05, 4.69) is 56.4 Å². The minimum Gasteiger partial charge on any atom is -0.477 e. The Morgan fingerprint density at radius 1 is 0.593 bits per heavy atom. The summed E-state index contributed by atoms with van der Waals surface area (Å²) >= 11 is 0. The van der Waals surface area contributed by atoms with Crippen molar-refractivity contribution in [3.8, 4) is 0 Å². The second-order valence-corrected chi connectivity index (χ2v) is 14.3. The minimum absolute atomic E-state index is 0.0116. The Morgan fingerprint density at radius 3 is 1.70 bits per heavy atom. The number of aliphatic carboxylic acids is 1. The SMILES string of the molecule is CC/C=C/C=C/C=C/C=C/C=C/CCCC(=O)OCC(COCCC(C(=O)O)[N+](C)(C)C)OC(=O)CCC/C=C/C/C=C/C/C=C/CCCCCCCC. The van der Waals surface area contributed by atoms with Gasteiger partial charge in [0, 0.05) is 19.3 Å². The van der Waals surface area contributed by atoms with Crippen LogP contribution in [0.1, 0.15) is 123 Å². The maximum atomic E-state index is 12.7. The van der Waals surface area contributed by atoms with Gasteiger partial charge in [0.2, 0.25) is 0 Å². The topological polar surface area (TPSA) is 99.1 Å². The van der Waals surface area contributed by atoms with Crippen LogP contribution in [0.2, 0.25) is 0 Å². The predicted octanol–water partition coefficient (Wildman–Crippen LogP) is 10.7. The molecule has 0 aliphatic heterocycles. The number of hydrogen-bond acceptors (Lipinski definition) is 6. The summed E-state index contributed by atoms with van der Waals surface area (Å²) in [4.78, 5) is 36.8. The van der Waals surface area contributed by atoms with Crippen LogP contribution in [-0.2, 0) is 28.6 Å². The van der Waals surface area contributed by atoms with Gasteiger partial charge in [-0.15, -0.1) is 0 Å². The third kappa shape index (κ3) is 34.0. The third-order valence-electron chi connectivity index (χ3n) is 8.35. The van der Waals surface area contributed by atoms with E-state index in [1.165, 1.54) is 38.5 Å². The highest BCUT2D eigenvalue weighted by atomic mass is 16.6. The fraction of sp³-hybridized carbons (Fsp3) is 0.587. The lowest BCUT2D eigenvalue weighted by atomic mass is 10.1. The van der Waals surface area contributed by atoms with Crippen molar-refractivity contribution in [3.05, 3.63) is 97.2 Å². The maximum Gasteiger partial charge on any atom is 0.362 e. The number of rotatable bonds is 34. The van der Waals surface area contributed by atoms with Crippen molar-refractivity contribution in [3.63, 3.8) is 0 Å². The van der Waals surface area contributed by atoms with Gasteiger partial charge in [0.25, 0.3) is 0 Å². The highest BCUT2D eigenvalue weighted by molar-refractivity contribution is 5.72. The first-order valence-corrected chi connectivity index (χ1v) is 20.3. The standard InChI is InChI=1S/C46H73NO7/c1-6-8-10-12-14-16-18-20-21-22-23-25-27-29-31-33-35-37-45(49)54-42(40-52-39-38-43(46(50)51)47(3,4)5)41-53-44(48)36-34-32-30-28-26-24-19-17-15-13-11-9-7-2/h9,11,13,15,17,19-21,23-26,28-31,42-43H,6-8,10,12,14,16,18,22,27,32-41H2,1-5H3/p+1/b11-9+,15-13+,19-17+,21-20+,25-23+,26-24+,30-28+,31-29+. The molecule has 304 valence electrons. The first-order chi connectivity index (χ1) is 26.1. The van der Waals surface area contributed by atoms with Crippen molar-refractivity contribution in [2.75, 3.05) is 41.0 Å². The molecule has 2 unspecified atom stereocenters. The molecule has 0 spiro atoms. The maximum absolute atomic E-state index is 12.7. The van der Waals surface area contributed by atoms with Crippen molar-refractivity contribution in [1.82, 2.24) is 0 Å². The first kappa shape index (κ1) is 50.2. The van der Waals surface area contributed by atoms with Gasteiger partial charge in [-0.2, -0.15) is 0 Å². The average Bonchev–Trinajstić information content (AvgIpc) is 3.12. The lowest BCUT2D eigenvalue weighted by Crippen LogP contribution is -2.50. The van der Waals surface area contributed by atoms with Gasteiger partial charge in [-0.05, 0) is 57.8 Å². The molecule has 0 bridgehead atoms. The molecule has 8 nitrogen and oxygen atoms in total. The zero-order valence-corrected chi connectivity index (χ0v) is 34.4. The van der Waals surface area contributed by atoms with Gasteiger partial charge in [-0.1, -0.05) is 143 Å². The van der Waals surface area contributed by atoms with Crippen LogP contribution in [0.25, 0.3) is 0 Å². The summed E-state index contributed by atoms with van der Waals surface area (Å²) in [5, 5.41) is 9.59. The van der Waals surface area contributed by atoms with Gasteiger partial charge in [0.1, 0.15) is 6.61 Å². The molecule has 0 aliphatic rings. The van der Waals surface area contributed by atoms with E-state index in [9.17, 15) is 19.5 Å². The Kier molecular flexibility index (Phi) is 33.7. The number of likely N-dealkylation sites (N-methyl/N-ethyl adjacent to an activating group) is 1. The van der Waals surface area contributed by atoms with Gasteiger partial charge >= 0.3 is 17.9 Å². The van der Waals surface area contributed by atoms with Crippen LogP contribution < -0.4 is 0 Å². The fourth-order valence-corrected chi connectivity index (χ4v) is 5.19. The van der Waals surface area contributed by atoms with E-state index in [0.717, 1.165) is 38.5 Å². The number of allylic oxidation sites excluding steroid dienone is 16. The highest BCUT2D eigenvalue weighted by Crippen LogP contribution is 2.11. The molecule has 0 aliphatic carbocycles. The molecule has 0 aromatic heterocycles. The Hall–Kier alpha value is -3.75. The molecule has 0 rings (SSSR count). The van der Waals surface area contributed by atoms with Crippen LogP contribution >= 0.6 is 0 Å². The summed E-state index contributed by atoms with van der Waals surface area (Å²) in [5.41, 5.74) is 0. The van der Waals surface area contributed by atoms with Crippen LogP contribution in [0.4, 0.5) is 0 Å². The predicted molar refractivity (Wildman–Crippen MR) is 224 cm³/mol. The second kappa shape index (κ2) is 36.2. The number of carboxylic acid groups (broad SMARTS) is 1. The molecule has 0 fully saturated rings. The van der Waals surface area contributed by atoms with Gasteiger partial charge in [0.05, 0.1) is 34.4 Å².